The number of aromatic nitrogens is 2. The second-order valence-corrected chi connectivity index (χ2v) is 6.10. The predicted molar refractivity (Wildman–Crippen MR) is 80.5 cm³/mol. The highest BCUT2D eigenvalue weighted by Gasteiger charge is 2.18. The van der Waals surface area contributed by atoms with E-state index < -0.39 is 0 Å². The molecule has 0 saturated heterocycles. The van der Waals surface area contributed by atoms with E-state index in [-0.39, 0.29) is 5.41 Å². The van der Waals surface area contributed by atoms with Gasteiger partial charge in [0.1, 0.15) is 5.82 Å². The predicted octanol–water partition coefficient (Wildman–Crippen LogP) is 4.39. The molecule has 0 N–H and O–H groups in total. The molecule has 0 amide bonds. The fraction of sp³-hybridized carbons (Fsp3) is 0.294. The van der Waals surface area contributed by atoms with Crippen molar-refractivity contribution in [2.24, 2.45) is 0 Å². The van der Waals surface area contributed by atoms with Gasteiger partial charge in [-0.3, -0.25) is 0 Å². The first-order valence-electron chi connectivity index (χ1n) is 6.63. The standard InChI is InChI=1S/C17H18N2/c1-11-14-9-12-7-5-6-8-13(12)10-15(14)19-16(18-11)17(2,3)4/h5-10H,1-4H3. The van der Waals surface area contributed by atoms with E-state index in [4.69, 9.17) is 4.98 Å². The lowest BCUT2D eigenvalue weighted by atomic mass is 9.95. The van der Waals surface area contributed by atoms with Gasteiger partial charge in [-0.1, -0.05) is 45.0 Å². The molecule has 3 aromatic rings. The molecule has 0 spiro atoms. The van der Waals surface area contributed by atoms with E-state index in [0.717, 1.165) is 22.4 Å². The van der Waals surface area contributed by atoms with Crippen molar-refractivity contribution in [3.8, 4) is 0 Å². The number of aryl methyl sites for hydroxylation is 1. The smallest absolute Gasteiger partial charge is 0.134 e. The maximum absolute atomic E-state index is 4.75. The molecule has 0 aliphatic heterocycles. The van der Waals surface area contributed by atoms with Gasteiger partial charge in [0, 0.05) is 16.5 Å². The lowest BCUT2D eigenvalue weighted by Gasteiger charge is -2.18. The minimum atomic E-state index is -0.0232. The Morgan fingerprint density at radius 3 is 2.16 bits per heavy atom. The fourth-order valence-corrected chi connectivity index (χ4v) is 2.30. The molecule has 0 atom stereocenters. The van der Waals surface area contributed by atoms with Crippen LogP contribution in [0.4, 0.5) is 0 Å². The minimum absolute atomic E-state index is 0.0232. The van der Waals surface area contributed by atoms with E-state index in [1.807, 2.05) is 0 Å². The molecule has 2 nitrogen and oxygen atoms in total. The summed E-state index contributed by atoms with van der Waals surface area (Å²) in [6.07, 6.45) is 0. The first-order valence-corrected chi connectivity index (χ1v) is 6.63. The fourth-order valence-electron chi connectivity index (χ4n) is 2.30. The van der Waals surface area contributed by atoms with Crippen LogP contribution in [0.15, 0.2) is 36.4 Å². The van der Waals surface area contributed by atoms with E-state index in [9.17, 15) is 0 Å². The second-order valence-electron chi connectivity index (χ2n) is 6.10. The molecule has 19 heavy (non-hydrogen) atoms. The zero-order valence-corrected chi connectivity index (χ0v) is 11.9. The average molecular weight is 250 g/mol. The summed E-state index contributed by atoms with van der Waals surface area (Å²) in [5, 5.41) is 3.62. The van der Waals surface area contributed by atoms with Gasteiger partial charge in [0.05, 0.1) is 5.52 Å². The molecule has 0 aliphatic rings. The highest BCUT2D eigenvalue weighted by molar-refractivity contribution is 5.97. The van der Waals surface area contributed by atoms with E-state index in [1.54, 1.807) is 0 Å². The largest absolute Gasteiger partial charge is 0.237 e. The van der Waals surface area contributed by atoms with Crippen LogP contribution in [0.2, 0.25) is 0 Å². The number of nitrogens with zero attached hydrogens (tertiary/aromatic N) is 2. The van der Waals surface area contributed by atoms with Gasteiger partial charge in [-0.15, -0.1) is 0 Å². The Morgan fingerprint density at radius 1 is 0.895 bits per heavy atom. The van der Waals surface area contributed by atoms with Crippen molar-refractivity contribution in [1.29, 1.82) is 0 Å². The van der Waals surface area contributed by atoms with Gasteiger partial charge < -0.3 is 0 Å². The van der Waals surface area contributed by atoms with Crippen molar-refractivity contribution < 1.29 is 0 Å². The number of hydrogen-bond acceptors (Lipinski definition) is 2. The molecule has 2 aromatic carbocycles. The molecule has 0 fully saturated rings. The summed E-state index contributed by atoms with van der Waals surface area (Å²) in [5.74, 6) is 0.910. The summed E-state index contributed by atoms with van der Waals surface area (Å²) in [5.41, 5.74) is 2.07. The molecule has 96 valence electrons. The van der Waals surface area contributed by atoms with E-state index in [1.165, 1.54) is 10.8 Å². The molecule has 0 aliphatic carbocycles. The first-order chi connectivity index (χ1) is 8.95. The number of benzene rings is 2. The van der Waals surface area contributed by atoms with Crippen LogP contribution >= 0.6 is 0 Å². The Balaban J connectivity index is 2.38. The summed E-state index contributed by atoms with van der Waals surface area (Å²) in [7, 11) is 0. The van der Waals surface area contributed by atoms with E-state index in [2.05, 4.69) is 69.1 Å². The Morgan fingerprint density at radius 2 is 1.53 bits per heavy atom. The Hall–Kier alpha value is -1.96. The third kappa shape index (κ3) is 2.07. The first kappa shape index (κ1) is 12.1. The van der Waals surface area contributed by atoms with Gasteiger partial charge >= 0.3 is 0 Å². The number of hydrogen-bond donors (Lipinski definition) is 0. The summed E-state index contributed by atoms with van der Waals surface area (Å²) >= 11 is 0. The van der Waals surface area contributed by atoms with Crippen LogP contribution in [0.1, 0.15) is 32.3 Å². The van der Waals surface area contributed by atoms with Crippen LogP contribution in [0.3, 0.4) is 0 Å². The highest BCUT2D eigenvalue weighted by atomic mass is 14.9. The zero-order chi connectivity index (χ0) is 13.6. The van der Waals surface area contributed by atoms with Crippen molar-refractivity contribution in [2.75, 3.05) is 0 Å². The summed E-state index contributed by atoms with van der Waals surface area (Å²) in [6, 6.07) is 12.7. The Labute approximate surface area is 113 Å². The van der Waals surface area contributed by atoms with Crippen LogP contribution in [0, 0.1) is 6.92 Å². The molecule has 1 aromatic heterocycles. The molecular formula is C17H18N2. The maximum Gasteiger partial charge on any atom is 0.134 e. The Bertz CT molecular complexity index is 767. The number of fused-ring (bicyclic) bond motifs is 2. The van der Waals surface area contributed by atoms with Crippen LogP contribution in [0.25, 0.3) is 21.7 Å². The van der Waals surface area contributed by atoms with Gasteiger partial charge in [0.15, 0.2) is 0 Å². The molecule has 1 heterocycles. The molecule has 2 heteroatoms. The number of rotatable bonds is 0. The topological polar surface area (TPSA) is 25.8 Å². The van der Waals surface area contributed by atoms with E-state index >= 15 is 0 Å². The van der Waals surface area contributed by atoms with Crippen LogP contribution < -0.4 is 0 Å². The molecule has 0 radical (unpaired) electrons. The third-order valence-electron chi connectivity index (χ3n) is 3.42. The van der Waals surface area contributed by atoms with Crippen molar-refractivity contribution in [2.45, 2.75) is 33.1 Å². The normalized spacial score (nSPS) is 12.2. The van der Waals surface area contributed by atoms with Crippen molar-refractivity contribution >= 4 is 21.7 Å². The van der Waals surface area contributed by atoms with Crippen molar-refractivity contribution in [1.82, 2.24) is 9.97 Å². The highest BCUT2D eigenvalue weighted by Crippen LogP contribution is 2.26. The molecule has 0 saturated carbocycles. The summed E-state index contributed by atoms with van der Waals surface area (Å²) in [4.78, 5) is 9.41. The van der Waals surface area contributed by atoms with Gasteiger partial charge in [-0.05, 0) is 29.8 Å². The Kier molecular flexibility index (Phi) is 2.56. The van der Waals surface area contributed by atoms with Crippen LogP contribution in [-0.2, 0) is 5.41 Å². The summed E-state index contributed by atoms with van der Waals surface area (Å²) in [6.45, 7) is 8.51. The lowest BCUT2D eigenvalue weighted by Crippen LogP contribution is -2.16. The second kappa shape index (κ2) is 4.02. The molecular weight excluding hydrogens is 232 g/mol. The third-order valence-corrected chi connectivity index (χ3v) is 3.42. The van der Waals surface area contributed by atoms with E-state index in [0.29, 0.717) is 0 Å². The quantitative estimate of drug-likeness (QED) is 0.553. The molecule has 3 rings (SSSR count). The molecule has 0 unspecified atom stereocenters. The summed E-state index contributed by atoms with van der Waals surface area (Å²) < 4.78 is 0. The van der Waals surface area contributed by atoms with Crippen LogP contribution in [0.5, 0.6) is 0 Å². The maximum atomic E-state index is 4.75. The van der Waals surface area contributed by atoms with Gasteiger partial charge in [0.2, 0.25) is 0 Å². The van der Waals surface area contributed by atoms with Gasteiger partial charge in [-0.2, -0.15) is 0 Å². The van der Waals surface area contributed by atoms with Crippen molar-refractivity contribution in [3.63, 3.8) is 0 Å². The van der Waals surface area contributed by atoms with Gasteiger partial charge in [0.25, 0.3) is 0 Å². The average Bonchev–Trinajstić information content (AvgIpc) is 2.35. The SMILES string of the molecule is Cc1nc(C(C)(C)C)nc2cc3ccccc3cc12. The van der Waals surface area contributed by atoms with Gasteiger partial charge in [-0.25, -0.2) is 9.97 Å². The zero-order valence-electron chi connectivity index (χ0n) is 11.9. The monoisotopic (exact) mass is 250 g/mol. The van der Waals surface area contributed by atoms with Crippen LogP contribution in [-0.4, -0.2) is 9.97 Å². The molecule has 0 bridgehead atoms. The van der Waals surface area contributed by atoms with Crippen molar-refractivity contribution in [3.05, 3.63) is 47.9 Å². The minimum Gasteiger partial charge on any atom is -0.237 e. The lowest BCUT2D eigenvalue weighted by molar-refractivity contribution is 0.546.